The topological polar surface area (TPSA) is 111 Å². The zero-order valence-corrected chi connectivity index (χ0v) is 28.8. The van der Waals surface area contributed by atoms with Gasteiger partial charge in [0.2, 0.25) is 0 Å². The number of rotatable bonds is 5. The molecular weight excluding hydrogens is 744 g/mol. The Morgan fingerprint density at radius 1 is 0.771 bits per heavy atom. The van der Waals surface area contributed by atoms with Gasteiger partial charge in [0.15, 0.2) is 0 Å². The molecule has 2 unspecified atom stereocenters. The molecule has 2 heterocycles. The van der Waals surface area contributed by atoms with Gasteiger partial charge >= 0.3 is 52.5 Å². The molecule has 0 bridgehead atoms. The fourth-order valence-corrected chi connectivity index (χ4v) is 4.56. The van der Waals surface area contributed by atoms with E-state index in [0.717, 1.165) is 25.7 Å². The van der Waals surface area contributed by atoms with Crippen LogP contribution in [0.1, 0.15) is 55.3 Å². The van der Waals surface area contributed by atoms with E-state index in [1.807, 2.05) is 29.9 Å². The van der Waals surface area contributed by atoms with Gasteiger partial charge in [-0.25, -0.2) is 4.98 Å². The second-order valence-corrected chi connectivity index (χ2v) is 13.0. The van der Waals surface area contributed by atoms with E-state index < -0.39 is 7.81 Å². The number of nitrogens with zero attached hydrogens (tertiary/aromatic N) is 4. The molecule has 1 saturated heterocycles. The number of imidazole rings is 1. The average Bonchev–Trinajstić information content (AvgIpc) is 3.55. The van der Waals surface area contributed by atoms with Gasteiger partial charge in [-0.1, -0.05) is 91.7 Å². The minimum absolute atomic E-state index is 0. The van der Waals surface area contributed by atoms with Gasteiger partial charge < -0.3 is 20.1 Å². The van der Waals surface area contributed by atoms with Crippen LogP contribution in [0.2, 0.25) is 0 Å². The van der Waals surface area contributed by atoms with Crippen molar-refractivity contribution in [3.63, 3.8) is 0 Å². The van der Waals surface area contributed by atoms with Crippen LogP contribution in [0.25, 0.3) is 0 Å². The summed E-state index contributed by atoms with van der Waals surface area (Å²) in [5, 5.41) is 26.9. The SMILES string of the molecule is C[C@@H]1N[C@@H]1c1ccccc1.Cn1ccnc1.F[P-](F)(F)(F)(F)F.[O-]c1ccccc1C=NC1CCCCC1N=Cc1ccccc1[O-].[Ru+3]. The standard InChI is InChI=1S/C20H22N2O2.C9H11N.C4H6N2.F6P.Ru/c23-19-11-5-1-7-15(19)13-21-17-9-3-4-10-18(17)22-14-16-8-2-6-12-20(16)24;1-7-9(10-7)8-5-3-2-4-6-8;1-6-3-2-5-4-6;1-7(2,3,4,5)6;/h1-2,5-8,11-14,17-18,23-24H,3-4,9-10H2;2-7,9-10H,1H3;2-4H,1H3;;/q;;;-1;+3/p-2/t;7-,9-;;;/m.0.../s1. The summed E-state index contributed by atoms with van der Waals surface area (Å²) in [5.41, 5.74) is 2.63. The van der Waals surface area contributed by atoms with Gasteiger partial charge in [0, 0.05) is 44.0 Å². The molecule has 0 spiro atoms. The molecule has 4 atom stereocenters. The van der Waals surface area contributed by atoms with E-state index in [-0.39, 0.29) is 43.1 Å². The second kappa shape index (κ2) is 17.2. The number of halogens is 6. The van der Waals surface area contributed by atoms with Crippen molar-refractivity contribution in [2.45, 2.75) is 56.8 Å². The third-order valence-corrected chi connectivity index (χ3v) is 6.97. The molecule has 0 amide bonds. The predicted molar refractivity (Wildman–Crippen MR) is 172 cm³/mol. The average molecular weight is 782 g/mol. The maximum absolute atomic E-state index is 11.8. The van der Waals surface area contributed by atoms with Gasteiger partial charge in [-0.3, -0.25) is 9.98 Å². The molecule has 2 fully saturated rings. The molecule has 261 valence electrons. The second-order valence-electron chi connectivity index (χ2n) is 11.1. The Morgan fingerprint density at radius 3 is 1.52 bits per heavy atom. The number of benzene rings is 3. The Balaban J connectivity index is 0.000000271. The minimum Gasteiger partial charge on any atom is -0.872 e. The van der Waals surface area contributed by atoms with Gasteiger partial charge in [0.05, 0.1) is 18.4 Å². The number of aryl methyl sites for hydroxylation is 1. The van der Waals surface area contributed by atoms with Crippen LogP contribution in [0.5, 0.6) is 11.5 Å². The summed E-state index contributed by atoms with van der Waals surface area (Å²) in [4.78, 5) is 13.0. The summed E-state index contributed by atoms with van der Waals surface area (Å²) in [7, 11) is -8.72. The van der Waals surface area contributed by atoms with Crippen molar-refractivity contribution in [1.29, 1.82) is 0 Å². The Kier molecular flexibility index (Phi) is 14.5. The molecule has 1 N–H and O–H groups in total. The molecule has 1 radical (unpaired) electrons. The molecule has 1 aliphatic carbocycles. The van der Waals surface area contributed by atoms with E-state index in [1.54, 1.807) is 61.4 Å². The normalized spacial score (nSPS) is 21.5. The largest absolute Gasteiger partial charge is 3.00 e. The molecule has 1 aliphatic heterocycles. The first-order valence-electron chi connectivity index (χ1n) is 14.8. The first kappa shape index (κ1) is 40.6. The van der Waals surface area contributed by atoms with Crippen molar-refractivity contribution in [1.82, 2.24) is 14.9 Å². The van der Waals surface area contributed by atoms with Gasteiger partial charge in [-0.15, -0.1) is 11.5 Å². The first-order chi connectivity index (χ1) is 22.0. The summed E-state index contributed by atoms with van der Waals surface area (Å²) in [6.45, 7) is 2.21. The summed E-state index contributed by atoms with van der Waals surface area (Å²) in [5.74, 6) is -0.0326. The third kappa shape index (κ3) is 17.5. The maximum atomic E-state index is 11.8. The van der Waals surface area contributed by atoms with Crippen molar-refractivity contribution in [2.24, 2.45) is 17.0 Å². The zero-order valence-electron chi connectivity index (χ0n) is 26.2. The van der Waals surface area contributed by atoms with Crippen molar-refractivity contribution < 1.29 is 54.9 Å². The van der Waals surface area contributed by atoms with Crippen molar-refractivity contribution in [3.05, 3.63) is 114 Å². The number of hydrogen-bond acceptors (Lipinski definition) is 6. The Morgan fingerprint density at radius 2 is 1.19 bits per heavy atom. The summed E-state index contributed by atoms with van der Waals surface area (Å²) in [6, 6.07) is 25.8. The van der Waals surface area contributed by atoms with Crippen molar-refractivity contribution in [2.75, 3.05) is 0 Å². The predicted octanol–water partition coefficient (Wildman–Crippen LogP) is 8.20. The molecule has 4 aromatic rings. The molecule has 2 aliphatic rings. The van der Waals surface area contributed by atoms with E-state index >= 15 is 0 Å². The quantitative estimate of drug-likeness (QED) is 0.0724. The number of aliphatic imine (C=N–C) groups is 2. The third-order valence-electron chi connectivity index (χ3n) is 6.97. The van der Waals surface area contributed by atoms with Gasteiger partial charge in [0.25, 0.3) is 0 Å². The molecular formula is C33H37F6N5O2PRu. The molecule has 6 rings (SSSR count). The molecule has 3 aromatic carbocycles. The van der Waals surface area contributed by atoms with Crippen LogP contribution < -0.4 is 15.5 Å². The van der Waals surface area contributed by atoms with Crippen LogP contribution in [0.15, 0.2) is 108 Å². The van der Waals surface area contributed by atoms with Crippen LogP contribution in [0.4, 0.5) is 25.2 Å². The van der Waals surface area contributed by atoms with E-state index in [4.69, 9.17) is 0 Å². The fraction of sp³-hybridized carbons (Fsp3) is 0.303. The molecule has 7 nitrogen and oxygen atoms in total. The van der Waals surface area contributed by atoms with Crippen molar-refractivity contribution in [3.8, 4) is 11.5 Å². The van der Waals surface area contributed by atoms with Crippen LogP contribution in [0.3, 0.4) is 0 Å². The molecule has 48 heavy (non-hydrogen) atoms. The molecule has 1 aromatic heterocycles. The fourth-order valence-electron chi connectivity index (χ4n) is 4.56. The number of nitrogens with one attached hydrogen (secondary N) is 1. The number of para-hydroxylation sites is 2. The maximum Gasteiger partial charge on any atom is 3.00 e. The molecule has 15 heteroatoms. The molecule has 1 saturated carbocycles. The number of hydrogen-bond donors (Lipinski definition) is 1. The monoisotopic (exact) mass is 782 g/mol. The summed E-state index contributed by atoms with van der Waals surface area (Å²) < 4.78 is 61.1. The minimum atomic E-state index is -10.7. The smallest absolute Gasteiger partial charge is 0.872 e. The van der Waals surface area contributed by atoms with Gasteiger partial charge in [-0.05, 0) is 36.5 Å². The summed E-state index contributed by atoms with van der Waals surface area (Å²) >= 11 is 0. The summed E-state index contributed by atoms with van der Waals surface area (Å²) in [6.07, 6.45) is 12.9. The number of aromatic nitrogens is 2. The zero-order chi connectivity index (χ0) is 34.6. The van der Waals surface area contributed by atoms with Crippen LogP contribution in [-0.4, -0.2) is 40.1 Å². The van der Waals surface area contributed by atoms with Gasteiger partial charge in [0.1, 0.15) is 0 Å². The van der Waals surface area contributed by atoms with Crippen LogP contribution >= 0.6 is 7.81 Å². The Bertz CT molecular complexity index is 1520. The first-order valence-corrected chi connectivity index (χ1v) is 16.9. The van der Waals surface area contributed by atoms with Crippen LogP contribution in [-0.2, 0) is 26.5 Å². The van der Waals surface area contributed by atoms with Crippen molar-refractivity contribution >= 4 is 20.2 Å². The van der Waals surface area contributed by atoms with Gasteiger partial charge in [-0.2, -0.15) is 0 Å². The van der Waals surface area contributed by atoms with E-state index in [1.165, 1.54) is 5.56 Å². The van der Waals surface area contributed by atoms with E-state index in [9.17, 15) is 35.4 Å². The Labute approximate surface area is 288 Å². The van der Waals surface area contributed by atoms with Crippen LogP contribution in [0, 0.1) is 0 Å². The van der Waals surface area contributed by atoms with E-state index in [0.29, 0.717) is 23.2 Å². The van der Waals surface area contributed by atoms with E-state index in [2.05, 4.69) is 57.5 Å². The Hall–Kier alpha value is -3.60.